The Labute approximate surface area is 142 Å². The highest BCUT2D eigenvalue weighted by Crippen LogP contribution is 2.27. The summed E-state index contributed by atoms with van der Waals surface area (Å²) in [6.07, 6.45) is 2.11. The Morgan fingerprint density at radius 2 is 2.08 bits per heavy atom. The van der Waals surface area contributed by atoms with Gasteiger partial charge in [-0.25, -0.2) is 13.4 Å². The molecule has 0 bridgehead atoms. The van der Waals surface area contributed by atoms with Gasteiger partial charge in [-0.3, -0.25) is 0 Å². The number of aromatic nitrogens is 1. The number of sulfonamides is 1. The van der Waals surface area contributed by atoms with Crippen LogP contribution in [0.4, 0.5) is 0 Å². The second kappa shape index (κ2) is 6.78. The van der Waals surface area contributed by atoms with Crippen molar-refractivity contribution in [2.45, 2.75) is 24.3 Å². The molecule has 0 radical (unpaired) electrons. The van der Waals surface area contributed by atoms with Gasteiger partial charge in [0.15, 0.2) is 0 Å². The van der Waals surface area contributed by atoms with Crippen LogP contribution in [0.15, 0.2) is 47.5 Å². The Morgan fingerprint density at radius 3 is 2.75 bits per heavy atom. The number of hydrogen-bond donors (Lipinski definition) is 0. The molecule has 1 atom stereocenters. The van der Waals surface area contributed by atoms with Gasteiger partial charge in [-0.05, 0) is 43.2 Å². The van der Waals surface area contributed by atoms with E-state index in [0.29, 0.717) is 31.1 Å². The van der Waals surface area contributed by atoms with Crippen LogP contribution in [0.1, 0.15) is 12.0 Å². The number of hydrogen-bond acceptors (Lipinski definition) is 5. The maximum atomic E-state index is 12.8. The van der Waals surface area contributed by atoms with E-state index in [4.69, 9.17) is 9.47 Å². The van der Waals surface area contributed by atoms with E-state index in [2.05, 4.69) is 4.98 Å². The lowest BCUT2D eigenvalue weighted by atomic mass is 10.2. The van der Waals surface area contributed by atoms with Gasteiger partial charge in [0.1, 0.15) is 11.9 Å². The molecule has 24 heavy (non-hydrogen) atoms. The first-order valence-electron chi connectivity index (χ1n) is 7.73. The van der Waals surface area contributed by atoms with Gasteiger partial charge < -0.3 is 9.47 Å². The first-order valence-corrected chi connectivity index (χ1v) is 9.17. The standard InChI is InChI=1S/C17H20N2O4S/c1-13-11-15(6-7-16(13)22-2)24(20,21)19-10-8-14(12-19)23-17-5-3-4-9-18-17/h3-7,9,11,14H,8,10,12H2,1-2H3. The van der Waals surface area contributed by atoms with Crippen LogP contribution >= 0.6 is 0 Å². The van der Waals surface area contributed by atoms with Gasteiger partial charge in [-0.15, -0.1) is 0 Å². The minimum absolute atomic E-state index is 0.186. The Balaban J connectivity index is 1.73. The van der Waals surface area contributed by atoms with E-state index >= 15 is 0 Å². The van der Waals surface area contributed by atoms with Crippen molar-refractivity contribution in [3.8, 4) is 11.6 Å². The van der Waals surface area contributed by atoms with Crippen molar-refractivity contribution in [1.29, 1.82) is 0 Å². The third kappa shape index (κ3) is 3.37. The Kier molecular flexibility index (Phi) is 4.73. The van der Waals surface area contributed by atoms with Crippen molar-refractivity contribution in [1.82, 2.24) is 9.29 Å². The van der Waals surface area contributed by atoms with Gasteiger partial charge in [0.2, 0.25) is 15.9 Å². The number of ether oxygens (including phenoxy) is 2. The molecule has 1 unspecified atom stereocenters. The molecule has 1 aliphatic rings. The van der Waals surface area contributed by atoms with E-state index in [1.165, 1.54) is 4.31 Å². The van der Waals surface area contributed by atoms with Crippen molar-refractivity contribution < 1.29 is 17.9 Å². The number of nitrogens with zero attached hydrogens (tertiary/aromatic N) is 2. The monoisotopic (exact) mass is 348 g/mol. The average molecular weight is 348 g/mol. The summed E-state index contributed by atoms with van der Waals surface area (Å²) in [6, 6.07) is 10.3. The highest BCUT2D eigenvalue weighted by atomic mass is 32.2. The fraction of sp³-hybridized carbons (Fsp3) is 0.353. The van der Waals surface area contributed by atoms with Crippen molar-refractivity contribution in [3.05, 3.63) is 48.2 Å². The molecule has 1 aliphatic heterocycles. The predicted molar refractivity (Wildman–Crippen MR) is 89.8 cm³/mol. The van der Waals surface area contributed by atoms with Crippen LogP contribution in [0, 0.1) is 6.92 Å². The van der Waals surface area contributed by atoms with Crippen LogP contribution in [0.5, 0.6) is 11.6 Å². The average Bonchev–Trinajstić information content (AvgIpc) is 3.05. The maximum absolute atomic E-state index is 12.8. The van der Waals surface area contributed by atoms with E-state index in [1.807, 2.05) is 19.1 Å². The van der Waals surface area contributed by atoms with Crippen molar-refractivity contribution in [2.24, 2.45) is 0 Å². The number of methoxy groups -OCH3 is 1. The van der Waals surface area contributed by atoms with E-state index in [1.54, 1.807) is 37.6 Å². The van der Waals surface area contributed by atoms with E-state index in [0.717, 1.165) is 5.56 Å². The molecule has 0 aliphatic carbocycles. The molecule has 0 saturated carbocycles. The summed E-state index contributed by atoms with van der Waals surface area (Å²) in [7, 11) is -1.97. The van der Waals surface area contributed by atoms with Gasteiger partial charge in [0.25, 0.3) is 0 Å². The van der Waals surface area contributed by atoms with Gasteiger partial charge in [0.05, 0.1) is 18.6 Å². The van der Waals surface area contributed by atoms with Crippen LogP contribution in [0.3, 0.4) is 0 Å². The quantitative estimate of drug-likeness (QED) is 0.829. The molecule has 0 spiro atoms. The second-order valence-electron chi connectivity index (χ2n) is 5.69. The zero-order valence-corrected chi connectivity index (χ0v) is 14.5. The molecule has 3 rings (SSSR count). The summed E-state index contributed by atoms with van der Waals surface area (Å²) in [5.74, 6) is 1.19. The topological polar surface area (TPSA) is 68.7 Å². The Morgan fingerprint density at radius 1 is 1.25 bits per heavy atom. The minimum Gasteiger partial charge on any atom is -0.496 e. The predicted octanol–water partition coefficient (Wildman–Crippen LogP) is 2.24. The van der Waals surface area contributed by atoms with Gasteiger partial charge in [0, 0.05) is 18.8 Å². The van der Waals surface area contributed by atoms with Crippen molar-refractivity contribution in [3.63, 3.8) is 0 Å². The molecule has 0 amide bonds. The lowest BCUT2D eigenvalue weighted by Crippen LogP contribution is -2.31. The third-order valence-electron chi connectivity index (χ3n) is 4.04. The lowest BCUT2D eigenvalue weighted by Gasteiger charge is -2.18. The van der Waals surface area contributed by atoms with Crippen LogP contribution in [0.2, 0.25) is 0 Å². The van der Waals surface area contributed by atoms with Crippen LogP contribution < -0.4 is 9.47 Å². The molecule has 7 heteroatoms. The number of benzene rings is 1. The van der Waals surface area contributed by atoms with Crippen LogP contribution in [0.25, 0.3) is 0 Å². The number of aryl methyl sites for hydroxylation is 1. The molecule has 2 aromatic rings. The fourth-order valence-electron chi connectivity index (χ4n) is 2.76. The molecule has 1 aromatic heterocycles. The van der Waals surface area contributed by atoms with E-state index in [9.17, 15) is 8.42 Å². The highest BCUT2D eigenvalue weighted by molar-refractivity contribution is 7.89. The largest absolute Gasteiger partial charge is 0.496 e. The fourth-order valence-corrected chi connectivity index (χ4v) is 4.33. The third-order valence-corrected chi connectivity index (χ3v) is 5.90. The zero-order valence-electron chi connectivity index (χ0n) is 13.7. The zero-order chi connectivity index (χ0) is 17.2. The number of pyridine rings is 1. The molecular weight excluding hydrogens is 328 g/mol. The van der Waals surface area contributed by atoms with Crippen molar-refractivity contribution >= 4 is 10.0 Å². The summed E-state index contributed by atoms with van der Waals surface area (Å²) >= 11 is 0. The molecule has 2 heterocycles. The second-order valence-corrected chi connectivity index (χ2v) is 7.63. The van der Waals surface area contributed by atoms with Gasteiger partial charge in [-0.2, -0.15) is 4.31 Å². The highest BCUT2D eigenvalue weighted by Gasteiger charge is 2.34. The molecule has 1 fully saturated rings. The summed E-state index contributed by atoms with van der Waals surface area (Å²) in [6.45, 7) is 2.59. The Hall–Kier alpha value is -2.12. The van der Waals surface area contributed by atoms with Gasteiger partial charge in [-0.1, -0.05) is 6.07 Å². The first kappa shape index (κ1) is 16.7. The molecule has 0 N–H and O–H groups in total. The molecule has 1 saturated heterocycles. The summed E-state index contributed by atoms with van der Waals surface area (Å²) in [4.78, 5) is 4.39. The molecule has 6 nitrogen and oxygen atoms in total. The lowest BCUT2D eigenvalue weighted by molar-refractivity contribution is 0.207. The Bertz CT molecular complexity index is 809. The van der Waals surface area contributed by atoms with Gasteiger partial charge >= 0.3 is 0 Å². The maximum Gasteiger partial charge on any atom is 0.243 e. The molecule has 1 aromatic carbocycles. The summed E-state index contributed by atoms with van der Waals surface area (Å²) in [5.41, 5.74) is 0.791. The van der Waals surface area contributed by atoms with Crippen LogP contribution in [-0.2, 0) is 10.0 Å². The SMILES string of the molecule is COc1ccc(S(=O)(=O)N2CCC(Oc3ccccn3)C2)cc1C. The van der Waals surface area contributed by atoms with E-state index < -0.39 is 10.0 Å². The summed E-state index contributed by atoms with van der Waals surface area (Å²) < 4.78 is 38.0. The molecule has 128 valence electrons. The first-order chi connectivity index (χ1) is 11.5. The smallest absolute Gasteiger partial charge is 0.243 e. The molecular formula is C17H20N2O4S. The van der Waals surface area contributed by atoms with Crippen LogP contribution in [-0.4, -0.2) is 44.0 Å². The van der Waals surface area contributed by atoms with Crippen molar-refractivity contribution in [2.75, 3.05) is 20.2 Å². The minimum atomic E-state index is -3.53. The normalized spacial score (nSPS) is 18.5. The van der Waals surface area contributed by atoms with E-state index in [-0.39, 0.29) is 11.0 Å². The number of rotatable bonds is 5. The summed E-state index contributed by atoms with van der Waals surface area (Å²) in [5, 5.41) is 0.